The first-order valence-electron chi connectivity index (χ1n) is 6.73. The number of para-hydroxylation sites is 1. The number of hydrogen-bond acceptors (Lipinski definition) is 4. The number of benzene rings is 1. The molecule has 0 saturated carbocycles. The predicted molar refractivity (Wildman–Crippen MR) is 77.7 cm³/mol. The largest absolute Gasteiger partial charge is 0.461 e. The maximum absolute atomic E-state index is 11.5. The zero-order valence-electron chi connectivity index (χ0n) is 11.6. The van der Waals surface area contributed by atoms with Crippen molar-refractivity contribution >= 4 is 16.9 Å². The summed E-state index contributed by atoms with van der Waals surface area (Å²) in [5, 5.41) is 6.94. The quantitative estimate of drug-likeness (QED) is 0.714. The molecule has 0 spiro atoms. The van der Waals surface area contributed by atoms with Crippen LogP contribution in [0.5, 0.6) is 0 Å². The fourth-order valence-corrected chi connectivity index (χ4v) is 1.92. The van der Waals surface area contributed by atoms with E-state index in [9.17, 15) is 4.79 Å². The summed E-state index contributed by atoms with van der Waals surface area (Å²) >= 11 is 0. The van der Waals surface area contributed by atoms with E-state index in [2.05, 4.69) is 10.6 Å². The fraction of sp³-hybridized carbons (Fsp3) is 0.400. The molecule has 5 nitrogen and oxygen atoms in total. The molecule has 0 saturated heterocycles. The Hall–Kier alpha value is -1.85. The molecule has 2 rings (SSSR count). The smallest absolute Gasteiger partial charge is 0.233 e. The Morgan fingerprint density at radius 2 is 2.15 bits per heavy atom. The van der Waals surface area contributed by atoms with E-state index in [0.29, 0.717) is 32.7 Å². The number of carbonyl (C=O) groups is 1. The van der Waals surface area contributed by atoms with Crippen molar-refractivity contribution in [2.75, 3.05) is 33.4 Å². The molecule has 0 fully saturated rings. The van der Waals surface area contributed by atoms with Crippen LogP contribution < -0.4 is 10.6 Å². The molecule has 1 amide bonds. The monoisotopic (exact) mass is 276 g/mol. The molecular formula is C15H20N2O3. The van der Waals surface area contributed by atoms with E-state index in [1.165, 1.54) is 0 Å². The van der Waals surface area contributed by atoms with E-state index in [1.54, 1.807) is 7.11 Å². The van der Waals surface area contributed by atoms with E-state index in [4.69, 9.17) is 9.15 Å². The molecule has 108 valence electrons. The number of hydrogen-bond donors (Lipinski definition) is 2. The van der Waals surface area contributed by atoms with Crippen LogP contribution in [0.3, 0.4) is 0 Å². The van der Waals surface area contributed by atoms with Crippen molar-refractivity contribution in [3.63, 3.8) is 0 Å². The van der Waals surface area contributed by atoms with Crippen molar-refractivity contribution in [1.29, 1.82) is 0 Å². The molecule has 0 aliphatic rings. The van der Waals surface area contributed by atoms with Gasteiger partial charge in [-0.15, -0.1) is 0 Å². The molecule has 1 heterocycles. The first kappa shape index (κ1) is 14.6. The molecule has 5 heteroatoms. The molecule has 0 atom stereocenters. The SMILES string of the molecule is COCCNCC(=O)NCCc1cc2ccccc2o1. The molecule has 2 aromatic rings. The Labute approximate surface area is 118 Å². The summed E-state index contributed by atoms with van der Waals surface area (Å²) in [6.07, 6.45) is 0.693. The van der Waals surface area contributed by atoms with Crippen LogP contribution in [-0.4, -0.2) is 39.3 Å². The zero-order valence-corrected chi connectivity index (χ0v) is 11.6. The van der Waals surface area contributed by atoms with Crippen LogP contribution in [0.25, 0.3) is 11.0 Å². The highest BCUT2D eigenvalue weighted by Crippen LogP contribution is 2.18. The van der Waals surface area contributed by atoms with E-state index >= 15 is 0 Å². The van der Waals surface area contributed by atoms with E-state index in [-0.39, 0.29) is 5.91 Å². The van der Waals surface area contributed by atoms with Crippen molar-refractivity contribution in [2.24, 2.45) is 0 Å². The highest BCUT2D eigenvalue weighted by molar-refractivity contribution is 5.78. The predicted octanol–water partition coefficient (Wildman–Crippen LogP) is 1.33. The third-order valence-electron chi connectivity index (χ3n) is 2.94. The standard InChI is InChI=1S/C15H20N2O3/c1-19-9-8-16-11-15(18)17-7-6-13-10-12-4-2-3-5-14(12)20-13/h2-5,10,16H,6-9,11H2,1H3,(H,17,18). The average molecular weight is 276 g/mol. The molecule has 1 aromatic carbocycles. The van der Waals surface area contributed by atoms with Crippen LogP contribution in [0, 0.1) is 0 Å². The Kier molecular flexibility index (Phi) is 5.58. The topological polar surface area (TPSA) is 63.5 Å². The summed E-state index contributed by atoms with van der Waals surface area (Å²) < 4.78 is 10.6. The van der Waals surface area contributed by atoms with Crippen LogP contribution in [0.4, 0.5) is 0 Å². The highest BCUT2D eigenvalue weighted by atomic mass is 16.5. The number of ether oxygens (including phenoxy) is 1. The minimum absolute atomic E-state index is 0.0165. The second-order valence-corrected chi connectivity index (χ2v) is 4.52. The molecule has 0 unspecified atom stereocenters. The lowest BCUT2D eigenvalue weighted by Crippen LogP contribution is -2.36. The normalized spacial score (nSPS) is 10.8. The van der Waals surface area contributed by atoms with Gasteiger partial charge in [0.2, 0.25) is 5.91 Å². The molecule has 20 heavy (non-hydrogen) atoms. The molecule has 0 aliphatic heterocycles. The minimum Gasteiger partial charge on any atom is -0.461 e. The second-order valence-electron chi connectivity index (χ2n) is 4.52. The molecule has 0 aliphatic carbocycles. The van der Waals surface area contributed by atoms with Gasteiger partial charge < -0.3 is 19.8 Å². The number of fused-ring (bicyclic) bond motifs is 1. The van der Waals surface area contributed by atoms with Crippen molar-refractivity contribution in [1.82, 2.24) is 10.6 Å². The fourth-order valence-electron chi connectivity index (χ4n) is 1.92. The summed E-state index contributed by atoms with van der Waals surface area (Å²) in [7, 11) is 1.63. The maximum Gasteiger partial charge on any atom is 0.233 e. The zero-order chi connectivity index (χ0) is 14.2. The first-order chi connectivity index (χ1) is 9.79. The average Bonchev–Trinajstić information content (AvgIpc) is 2.86. The Bertz CT molecular complexity index is 518. The van der Waals surface area contributed by atoms with Gasteiger partial charge in [-0.25, -0.2) is 0 Å². The number of amides is 1. The van der Waals surface area contributed by atoms with Gasteiger partial charge in [-0.05, 0) is 12.1 Å². The van der Waals surface area contributed by atoms with Gasteiger partial charge in [-0.2, -0.15) is 0 Å². The summed E-state index contributed by atoms with van der Waals surface area (Å²) in [6.45, 7) is 2.16. The number of furan rings is 1. The van der Waals surface area contributed by atoms with Crippen molar-refractivity contribution in [3.05, 3.63) is 36.1 Å². The van der Waals surface area contributed by atoms with Gasteiger partial charge in [0.05, 0.1) is 13.2 Å². The van der Waals surface area contributed by atoms with Gasteiger partial charge >= 0.3 is 0 Å². The molecular weight excluding hydrogens is 256 g/mol. The van der Waals surface area contributed by atoms with Crippen molar-refractivity contribution < 1.29 is 13.9 Å². The Balaban J connectivity index is 1.68. The van der Waals surface area contributed by atoms with Gasteiger partial charge in [0.15, 0.2) is 0 Å². The summed E-state index contributed by atoms with van der Waals surface area (Å²) in [5.74, 6) is 0.871. The van der Waals surface area contributed by atoms with Gasteiger partial charge in [0.25, 0.3) is 0 Å². The van der Waals surface area contributed by atoms with E-state index in [1.807, 2.05) is 30.3 Å². The third-order valence-corrected chi connectivity index (χ3v) is 2.94. The second kappa shape index (κ2) is 7.67. The Morgan fingerprint density at radius 3 is 2.95 bits per heavy atom. The van der Waals surface area contributed by atoms with Gasteiger partial charge in [-0.1, -0.05) is 18.2 Å². The first-order valence-corrected chi connectivity index (χ1v) is 6.73. The Morgan fingerprint density at radius 1 is 1.30 bits per heavy atom. The van der Waals surface area contributed by atoms with Crippen molar-refractivity contribution in [3.8, 4) is 0 Å². The molecule has 0 radical (unpaired) electrons. The number of nitrogens with one attached hydrogen (secondary N) is 2. The summed E-state index contributed by atoms with van der Waals surface area (Å²) in [6, 6.07) is 9.90. The summed E-state index contributed by atoms with van der Waals surface area (Å²) in [4.78, 5) is 11.5. The lowest BCUT2D eigenvalue weighted by atomic mass is 10.2. The van der Waals surface area contributed by atoms with Crippen LogP contribution in [0.2, 0.25) is 0 Å². The minimum atomic E-state index is -0.0165. The van der Waals surface area contributed by atoms with Gasteiger partial charge in [0.1, 0.15) is 11.3 Å². The van der Waals surface area contributed by atoms with E-state index in [0.717, 1.165) is 16.7 Å². The van der Waals surface area contributed by atoms with Gasteiger partial charge in [-0.3, -0.25) is 4.79 Å². The lowest BCUT2D eigenvalue weighted by molar-refractivity contribution is -0.120. The van der Waals surface area contributed by atoms with Crippen LogP contribution in [0.15, 0.2) is 34.7 Å². The summed E-state index contributed by atoms with van der Waals surface area (Å²) in [5.41, 5.74) is 0.884. The lowest BCUT2D eigenvalue weighted by Gasteiger charge is -2.05. The number of carbonyl (C=O) groups excluding carboxylic acids is 1. The number of rotatable bonds is 8. The van der Waals surface area contributed by atoms with Crippen LogP contribution >= 0.6 is 0 Å². The van der Waals surface area contributed by atoms with Gasteiger partial charge in [0, 0.05) is 32.0 Å². The maximum atomic E-state index is 11.5. The van der Waals surface area contributed by atoms with Crippen molar-refractivity contribution in [2.45, 2.75) is 6.42 Å². The van der Waals surface area contributed by atoms with Crippen LogP contribution in [0.1, 0.15) is 5.76 Å². The van der Waals surface area contributed by atoms with E-state index < -0.39 is 0 Å². The molecule has 2 N–H and O–H groups in total. The molecule has 0 bridgehead atoms. The highest BCUT2D eigenvalue weighted by Gasteiger charge is 2.04. The number of methoxy groups -OCH3 is 1. The third kappa shape index (κ3) is 4.36. The van der Waals surface area contributed by atoms with Crippen LogP contribution in [-0.2, 0) is 16.0 Å². The molecule has 1 aromatic heterocycles.